The lowest BCUT2D eigenvalue weighted by Gasteiger charge is -2.33. The first kappa shape index (κ1) is 18.6. The summed E-state index contributed by atoms with van der Waals surface area (Å²) >= 11 is 0. The molecule has 0 amide bonds. The molecule has 9 heteroatoms. The Bertz CT molecular complexity index is 1100. The van der Waals surface area contributed by atoms with E-state index in [1.165, 1.54) is 6.07 Å². The summed E-state index contributed by atoms with van der Waals surface area (Å²) in [4.78, 5) is 3.99. The second-order valence-electron chi connectivity index (χ2n) is 7.27. The third-order valence-corrected chi connectivity index (χ3v) is 5.28. The van der Waals surface area contributed by atoms with E-state index in [9.17, 15) is 13.2 Å². The molecule has 2 aliphatic heterocycles. The van der Waals surface area contributed by atoms with Crippen molar-refractivity contribution in [2.75, 3.05) is 0 Å². The van der Waals surface area contributed by atoms with E-state index in [1.807, 2.05) is 0 Å². The van der Waals surface area contributed by atoms with Crippen LogP contribution in [-0.2, 0) is 6.18 Å². The molecule has 3 nitrogen and oxygen atoms in total. The number of hydrogen-bond acceptors (Lipinski definition) is 1. The van der Waals surface area contributed by atoms with Crippen LogP contribution in [0.4, 0.5) is 21.8 Å². The minimum Gasteiger partial charge on any atom is -0.393 e. The van der Waals surface area contributed by atoms with Crippen molar-refractivity contribution in [2.45, 2.75) is 33.9 Å². The third kappa shape index (κ3) is 2.41. The fourth-order valence-electron chi connectivity index (χ4n) is 4.25. The number of fused-ring (bicyclic) bond motifs is 2. The van der Waals surface area contributed by atoms with Crippen LogP contribution in [0.5, 0.6) is 0 Å². The molecule has 0 bridgehead atoms. The standard InChI is InChI=1S/C19H17BF5N3/c1-10-7-12(3)27-17(10)16(15-6-5-14(9-26-15)19(21,22)23)18-11(2)8-13(4)28(18)20(27,24)25/h5-9H,1-4H3. The number of nitrogens with zero attached hydrogens (tertiary/aromatic N) is 3. The fraction of sp³-hybridized carbons (Fsp3) is 0.263. The number of halogens is 5. The Morgan fingerprint density at radius 3 is 2.32 bits per heavy atom. The van der Waals surface area contributed by atoms with Crippen molar-refractivity contribution in [3.63, 3.8) is 0 Å². The first-order chi connectivity index (χ1) is 12.9. The molecule has 0 saturated heterocycles. The van der Waals surface area contributed by atoms with Gasteiger partial charge in [0.25, 0.3) is 0 Å². The maximum Gasteiger partial charge on any atom is 0.737 e. The molecule has 2 aliphatic rings. The summed E-state index contributed by atoms with van der Waals surface area (Å²) in [7, 11) is 0. The molecule has 0 aromatic carbocycles. The van der Waals surface area contributed by atoms with Gasteiger partial charge in [0.2, 0.25) is 0 Å². The van der Waals surface area contributed by atoms with Crippen LogP contribution in [0.15, 0.2) is 41.7 Å². The molecule has 2 aromatic rings. The average molecular weight is 393 g/mol. The van der Waals surface area contributed by atoms with Crippen LogP contribution in [0.3, 0.4) is 0 Å². The fourth-order valence-corrected chi connectivity index (χ4v) is 4.25. The first-order valence-corrected chi connectivity index (χ1v) is 8.75. The van der Waals surface area contributed by atoms with Gasteiger partial charge in [-0.05, 0) is 50.2 Å². The molecule has 4 rings (SSSR count). The van der Waals surface area contributed by atoms with Crippen molar-refractivity contribution in [3.8, 4) is 0 Å². The normalized spacial score (nSPS) is 18.4. The predicted octanol–water partition coefficient (Wildman–Crippen LogP) is 4.95. The van der Waals surface area contributed by atoms with Crippen molar-refractivity contribution < 1.29 is 26.3 Å². The van der Waals surface area contributed by atoms with Crippen molar-refractivity contribution in [1.82, 2.24) is 9.46 Å². The Morgan fingerprint density at radius 1 is 1.07 bits per heavy atom. The number of rotatable bonds is 1. The summed E-state index contributed by atoms with van der Waals surface area (Å²) < 4.78 is 71.7. The monoisotopic (exact) mass is 393 g/mol. The molecule has 2 aromatic heterocycles. The third-order valence-electron chi connectivity index (χ3n) is 5.28. The SMILES string of the molecule is CC1=CC(C)=[N+]2C1=C(c1ccc(C(F)(F)F)cn1)c1c(C)cc(C)n1[B-]2(F)F. The lowest BCUT2D eigenvalue weighted by atomic mass is 9.85. The Balaban J connectivity index is 2.06. The first-order valence-electron chi connectivity index (χ1n) is 8.75. The lowest BCUT2D eigenvalue weighted by molar-refractivity contribution is -0.363. The quantitative estimate of drug-likeness (QED) is 0.496. The van der Waals surface area contributed by atoms with Gasteiger partial charge >= 0.3 is 13.1 Å². The molecule has 0 aliphatic carbocycles. The zero-order valence-corrected chi connectivity index (χ0v) is 15.7. The summed E-state index contributed by atoms with van der Waals surface area (Å²) in [6.45, 7) is 2.51. The van der Waals surface area contributed by atoms with Crippen LogP contribution in [-0.4, -0.2) is 26.6 Å². The Morgan fingerprint density at radius 2 is 1.75 bits per heavy atom. The number of aromatic nitrogens is 2. The van der Waals surface area contributed by atoms with E-state index in [1.54, 1.807) is 39.8 Å². The number of pyridine rings is 1. The van der Waals surface area contributed by atoms with Crippen LogP contribution in [0.1, 0.15) is 42.1 Å². The molecule has 0 fully saturated rings. The highest BCUT2D eigenvalue weighted by molar-refractivity contribution is 6.58. The molecule has 0 saturated carbocycles. The van der Waals surface area contributed by atoms with Gasteiger partial charge in [0.15, 0.2) is 5.70 Å². The van der Waals surface area contributed by atoms with E-state index in [-0.39, 0.29) is 5.69 Å². The summed E-state index contributed by atoms with van der Waals surface area (Å²) in [6, 6.07) is 3.83. The smallest absolute Gasteiger partial charge is 0.393 e. The number of alkyl halides is 3. The van der Waals surface area contributed by atoms with Crippen LogP contribution < -0.4 is 0 Å². The van der Waals surface area contributed by atoms with Gasteiger partial charge in [-0.3, -0.25) is 4.98 Å². The van der Waals surface area contributed by atoms with Crippen molar-refractivity contribution in [1.29, 1.82) is 0 Å². The van der Waals surface area contributed by atoms with Gasteiger partial charge in [-0.2, -0.15) is 13.2 Å². The highest BCUT2D eigenvalue weighted by Crippen LogP contribution is 2.43. The molecule has 28 heavy (non-hydrogen) atoms. The maximum atomic E-state index is 15.5. The second kappa shape index (κ2) is 5.65. The Hall–Kier alpha value is -2.71. The van der Waals surface area contributed by atoms with Crippen LogP contribution in [0.2, 0.25) is 0 Å². The molecule has 0 spiro atoms. The van der Waals surface area contributed by atoms with E-state index in [4.69, 9.17) is 0 Å². The largest absolute Gasteiger partial charge is 0.737 e. The zero-order chi connectivity index (χ0) is 20.6. The molecule has 4 heterocycles. The minimum absolute atomic E-state index is 0.226. The minimum atomic E-state index is -4.52. The van der Waals surface area contributed by atoms with E-state index >= 15 is 8.63 Å². The van der Waals surface area contributed by atoms with Crippen molar-refractivity contribution in [3.05, 3.63) is 70.0 Å². The van der Waals surface area contributed by atoms with Gasteiger partial charge in [-0.25, -0.2) is 0 Å². The van der Waals surface area contributed by atoms with Crippen LogP contribution in [0.25, 0.3) is 5.57 Å². The molecule has 0 N–H and O–H groups in total. The number of aryl methyl sites for hydroxylation is 2. The lowest BCUT2D eigenvalue weighted by Crippen LogP contribution is -2.51. The average Bonchev–Trinajstić information content (AvgIpc) is 3.05. The summed E-state index contributed by atoms with van der Waals surface area (Å²) in [6.07, 6.45) is -2.12. The maximum absolute atomic E-state index is 15.5. The predicted molar refractivity (Wildman–Crippen MR) is 97.2 cm³/mol. The van der Waals surface area contributed by atoms with Crippen LogP contribution >= 0.6 is 0 Å². The number of hydrogen-bond donors (Lipinski definition) is 0. The van der Waals surface area contributed by atoms with E-state index < -0.39 is 18.7 Å². The second-order valence-corrected chi connectivity index (χ2v) is 7.27. The molecular weight excluding hydrogens is 376 g/mol. The van der Waals surface area contributed by atoms with Gasteiger partial charge < -0.3 is 17.6 Å². The Labute approximate surface area is 158 Å². The Kier molecular flexibility index (Phi) is 3.76. The van der Waals surface area contributed by atoms with Gasteiger partial charge in [-0.15, -0.1) is 0 Å². The van der Waals surface area contributed by atoms with Gasteiger partial charge in [0.1, 0.15) is 5.71 Å². The van der Waals surface area contributed by atoms with Crippen molar-refractivity contribution >= 4 is 18.3 Å². The number of allylic oxidation sites excluding steroid dienone is 2. The van der Waals surface area contributed by atoms with E-state index in [2.05, 4.69) is 4.98 Å². The molecule has 0 radical (unpaired) electrons. The highest BCUT2D eigenvalue weighted by atomic mass is 19.4. The molecule has 146 valence electrons. The van der Waals surface area contributed by atoms with Gasteiger partial charge in [-0.1, -0.05) is 0 Å². The highest BCUT2D eigenvalue weighted by Gasteiger charge is 2.55. The zero-order valence-electron chi connectivity index (χ0n) is 15.7. The van der Waals surface area contributed by atoms with E-state index in [0.717, 1.165) is 21.2 Å². The summed E-state index contributed by atoms with van der Waals surface area (Å²) in [5, 5.41) is 0. The summed E-state index contributed by atoms with van der Waals surface area (Å²) in [5.41, 5.74) is 2.37. The molecule has 0 atom stereocenters. The molecular formula is C19H17BF5N3. The van der Waals surface area contributed by atoms with E-state index in [0.29, 0.717) is 39.5 Å². The van der Waals surface area contributed by atoms with Gasteiger partial charge in [0.05, 0.1) is 16.8 Å². The van der Waals surface area contributed by atoms with Gasteiger partial charge in [0, 0.05) is 30.5 Å². The van der Waals surface area contributed by atoms with Crippen molar-refractivity contribution in [2.24, 2.45) is 0 Å². The van der Waals surface area contributed by atoms with Crippen LogP contribution in [0, 0.1) is 13.8 Å². The summed E-state index contributed by atoms with van der Waals surface area (Å²) in [5.74, 6) is 0. The topological polar surface area (TPSA) is 20.8 Å². The molecule has 0 unspecified atom stereocenters.